The number of para-hydroxylation sites is 1. The summed E-state index contributed by atoms with van der Waals surface area (Å²) in [7, 11) is 3.81. The van der Waals surface area contributed by atoms with Gasteiger partial charge in [-0.1, -0.05) is 24.3 Å². The van der Waals surface area contributed by atoms with E-state index in [-0.39, 0.29) is 11.9 Å². The van der Waals surface area contributed by atoms with Gasteiger partial charge in [-0.05, 0) is 30.8 Å². The normalized spacial score (nSPS) is 15.9. The first-order chi connectivity index (χ1) is 16.6. The number of aromatic amines is 2. The van der Waals surface area contributed by atoms with Gasteiger partial charge in [0.2, 0.25) is 0 Å². The van der Waals surface area contributed by atoms with E-state index in [0.717, 1.165) is 66.1 Å². The molecule has 0 radical (unpaired) electrons. The van der Waals surface area contributed by atoms with Gasteiger partial charge in [-0.15, -0.1) is 0 Å². The minimum absolute atomic E-state index is 0.104. The Bertz CT molecular complexity index is 1260. The van der Waals surface area contributed by atoms with Crippen LogP contribution in [0.2, 0.25) is 0 Å². The Labute approximate surface area is 198 Å². The van der Waals surface area contributed by atoms with Crippen LogP contribution in [-0.2, 0) is 0 Å². The van der Waals surface area contributed by atoms with E-state index >= 15 is 0 Å². The summed E-state index contributed by atoms with van der Waals surface area (Å²) in [5.74, 6) is 0.680. The highest BCUT2D eigenvalue weighted by Crippen LogP contribution is 2.30. The van der Waals surface area contributed by atoms with Crippen molar-refractivity contribution in [2.75, 3.05) is 46.9 Å². The number of ether oxygens (including phenoxy) is 1. The highest BCUT2D eigenvalue weighted by atomic mass is 16.5. The van der Waals surface area contributed by atoms with Crippen LogP contribution >= 0.6 is 0 Å². The molecule has 1 atom stereocenters. The van der Waals surface area contributed by atoms with Crippen LogP contribution in [0.5, 0.6) is 5.75 Å². The molecule has 3 heterocycles. The Morgan fingerprint density at radius 3 is 2.74 bits per heavy atom. The number of fused-ring (bicyclic) bond motifs is 1. The third-order valence-corrected chi connectivity index (χ3v) is 6.61. The molecule has 0 saturated carbocycles. The van der Waals surface area contributed by atoms with Crippen molar-refractivity contribution >= 4 is 16.8 Å². The van der Waals surface area contributed by atoms with Gasteiger partial charge < -0.3 is 19.9 Å². The fraction of sp³-hybridized carbons (Fsp3) is 0.308. The van der Waals surface area contributed by atoms with Gasteiger partial charge in [0.25, 0.3) is 5.91 Å². The number of hydrogen-bond donors (Lipinski definition) is 3. The van der Waals surface area contributed by atoms with Gasteiger partial charge in [-0.3, -0.25) is 14.8 Å². The van der Waals surface area contributed by atoms with Gasteiger partial charge in [0.1, 0.15) is 5.75 Å². The topological polar surface area (TPSA) is 89.3 Å². The smallest absolute Gasteiger partial charge is 0.253 e. The largest absolute Gasteiger partial charge is 0.497 e. The molecule has 1 amide bonds. The van der Waals surface area contributed by atoms with Crippen LogP contribution in [0.1, 0.15) is 22.0 Å². The maximum atomic E-state index is 13.6. The van der Waals surface area contributed by atoms with Gasteiger partial charge in [0.05, 0.1) is 30.4 Å². The average Bonchev–Trinajstić information content (AvgIpc) is 3.54. The molecule has 4 aromatic rings. The van der Waals surface area contributed by atoms with Crippen molar-refractivity contribution in [3.63, 3.8) is 0 Å². The standard InChI is InChI=1S/C26H30N6O2/c1-31-9-11-32(12-10-31)17-24(18-5-3-6-20(13-18)34-2)30-26(33)22-8-4-7-21-23(16-27-25(21)22)19-14-28-29-15-19/h3-8,13-16,24,27H,9-12,17H2,1-2H3,(H,28,29)(H,30,33). The van der Waals surface area contributed by atoms with E-state index < -0.39 is 0 Å². The molecule has 8 heteroatoms. The fourth-order valence-electron chi connectivity index (χ4n) is 4.60. The maximum absolute atomic E-state index is 13.6. The van der Waals surface area contributed by atoms with Crippen LogP contribution < -0.4 is 10.1 Å². The van der Waals surface area contributed by atoms with Crippen molar-refractivity contribution in [1.29, 1.82) is 0 Å². The highest BCUT2D eigenvalue weighted by molar-refractivity contribution is 6.09. The first-order valence-electron chi connectivity index (χ1n) is 11.6. The van der Waals surface area contributed by atoms with Gasteiger partial charge in [0, 0.05) is 61.6 Å². The molecule has 1 fully saturated rings. The summed E-state index contributed by atoms with van der Waals surface area (Å²) in [5, 5.41) is 11.2. The summed E-state index contributed by atoms with van der Waals surface area (Å²) in [5.41, 5.74) is 4.47. The van der Waals surface area contributed by atoms with Crippen LogP contribution in [0.4, 0.5) is 0 Å². The zero-order chi connectivity index (χ0) is 23.5. The number of piperazine rings is 1. The molecule has 1 aliphatic heterocycles. The minimum Gasteiger partial charge on any atom is -0.497 e. The number of nitrogens with zero attached hydrogens (tertiary/aromatic N) is 3. The molecule has 0 aliphatic carbocycles. The molecule has 2 aromatic heterocycles. The number of amides is 1. The summed E-state index contributed by atoms with van der Waals surface area (Å²) in [6, 6.07) is 13.6. The number of carbonyl (C=O) groups excluding carboxylic acids is 1. The van der Waals surface area contributed by atoms with Crippen LogP contribution in [0, 0.1) is 0 Å². The molecule has 1 unspecified atom stereocenters. The van der Waals surface area contributed by atoms with E-state index in [9.17, 15) is 4.79 Å². The van der Waals surface area contributed by atoms with E-state index in [1.807, 2.05) is 48.8 Å². The molecule has 0 bridgehead atoms. The Balaban J connectivity index is 1.43. The summed E-state index contributed by atoms with van der Waals surface area (Å²) < 4.78 is 5.45. The van der Waals surface area contributed by atoms with Crippen LogP contribution in [0.25, 0.3) is 22.0 Å². The second-order valence-corrected chi connectivity index (χ2v) is 8.82. The number of benzene rings is 2. The van der Waals surface area contributed by atoms with Crippen molar-refractivity contribution in [3.05, 3.63) is 72.2 Å². The van der Waals surface area contributed by atoms with E-state index in [1.54, 1.807) is 13.3 Å². The van der Waals surface area contributed by atoms with Crippen LogP contribution in [-0.4, -0.2) is 77.8 Å². The first-order valence-corrected chi connectivity index (χ1v) is 11.6. The van der Waals surface area contributed by atoms with Gasteiger partial charge in [-0.25, -0.2) is 0 Å². The van der Waals surface area contributed by atoms with Crippen LogP contribution in [0.15, 0.2) is 61.1 Å². The first kappa shape index (κ1) is 22.2. The van der Waals surface area contributed by atoms with E-state index in [4.69, 9.17) is 4.74 Å². The van der Waals surface area contributed by atoms with Gasteiger partial charge in [-0.2, -0.15) is 5.10 Å². The van der Waals surface area contributed by atoms with E-state index in [0.29, 0.717) is 5.56 Å². The number of likely N-dealkylation sites (N-methyl/N-ethyl adjacent to an activating group) is 1. The third-order valence-electron chi connectivity index (χ3n) is 6.61. The van der Waals surface area contributed by atoms with Crippen molar-refractivity contribution < 1.29 is 9.53 Å². The highest BCUT2D eigenvalue weighted by Gasteiger charge is 2.23. The monoisotopic (exact) mass is 458 g/mol. The molecule has 1 saturated heterocycles. The molecule has 8 nitrogen and oxygen atoms in total. The molecule has 34 heavy (non-hydrogen) atoms. The Hall–Kier alpha value is -3.62. The molecule has 176 valence electrons. The van der Waals surface area contributed by atoms with Crippen molar-refractivity contribution in [2.24, 2.45) is 0 Å². The van der Waals surface area contributed by atoms with Crippen molar-refractivity contribution in [3.8, 4) is 16.9 Å². The summed E-state index contributed by atoms with van der Waals surface area (Å²) in [6.45, 7) is 4.75. The lowest BCUT2D eigenvalue weighted by atomic mass is 10.0. The van der Waals surface area contributed by atoms with E-state index in [1.165, 1.54) is 0 Å². The Kier molecular flexibility index (Phi) is 6.33. The third kappa shape index (κ3) is 4.55. The number of nitrogens with one attached hydrogen (secondary N) is 3. The Morgan fingerprint density at radius 2 is 1.97 bits per heavy atom. The summed E-state index contributed by atoms with van der Waals surface area (Å²) in [4.78, 5) is 21.6. The summed E-state index contributed by atoms with van der Waals surface area (Å²) >= 11 is 0. The van der Waals surface area contributed by atoms with Crippen LogP contribution in [0.3, 0.4) is 0 Å². The zero-order valence-electron chi connectivity index (χ0n) is 19.5. The van der Waals surface area contributed by atoms with Gasteiger partial charge >= 0.3 is 0 Å². The van der Waals surface area contributed by atoms with E-state index in [2.05, 4.69) is 43.4 Å². The molecular formula is C26H30N6O2. The number of hydrogen-bond acceptors (Lipinski definition) is 5. The molecule has 1 aliphatic rings. The number of H-pyrrole nitrogens is 2. The van der Waals surface area contributed by atoms with Crippen molar-refractivity contribution in [1.82, 2.24) is 30.3 Å². The molecule has 5 rings (SSSR count). The van der Waals surface area contributed by atoms with Crippen molar-refractivity contribution in [2.45, 2.75) is 6.04 Å². The quantitative estimate of drug-likeness (QED) is 0.396. The molecule has 3 N–H and O–H groups in total. The molecule has 2 aromatic carbocycles. The molecular weight excluding hydrogens is 428 g/mol. The fourth-order valence-corrected chi connectivity index (χ4v) is 4.60. The van der Waals surface area contributed by atoms with Gasteiger partial charge in [0.15, 0.2) is 0 Å². The maximum Gasteiger partial charge on any atom is 0.253 e. The summed E-state index contributed by atoms with van der Waals surface area (Å²) in [6.07, 6.45) is 5.56. The second kappa shape index (κ2) is 9.70. The second-order valence-electron chi connectivity index (χ2n) is 8.82. The number of carbonyl (C=O) groups is 1. The zero-order valence-corrected chi connectivity index (χ0v) is 19.5. The lowest BCUT2D eigenvalue weighted by molar-refractivity contribution is 0.0908. The predicted octanol–water partition coefficient (Wildman–Crippen LogP) is 3.29. The molecule has 0 spiro atoms. The lowest BCUT2D eigenvalue weighted by Gasteiger charge is -2.35. The predicted molar refractivity (Wildman–Crippen MR) is 133 cm³/mol. The average molecular weight is 459 g/mol. The number of rotatable bonds is 7. The SMILES string of the molecule is COc1cccc(C(CN2CCN(C)CC2)NC(=O)c2cccc3c(-c4cn[nH]c4)c[nH]c23)c1. The number of methoxy groups -OCH3 is 1. The minimum atomic E-state index is -0.162. The lowest BCUT2D eigenvalue weighted by Crippen LogP contribution is -2.47. The number of aromatic nitrogens is 3. The Morgan fingerprint density at radius 1 is 1.15 bits per heavy atom.